The van der Waals surface area contributed by atoms with Crippen LogP contribution >= 0.6 is 0 Å². The van der Waals surface area contributed by atoms with Gasteiger partial charge >= 0.3 is 0 Å². The predicted molar refractivity (Wildman–Crippen MR) is 121 cm³/mol. The monoisotopic (exact) mass is 428 g/mol. The van der Waals surface area contributed by atoms with Crippen molar-refractivity contribution in [3.8, 4) is 0 Å². The molecule has 2 aliphatic rings. The van der Waals surface area contributed by atoms with Gasteiger partial charge in [0.05, 0.1) is 11.8 Å². The Balaban J connectivity index is 1.33. The average Bonchev–Trinajstić information content (AvgIpc) is 3.41. The minimum absolute atomic E-state index is 0.0876. The SMILES string of the molecule is CCn1cc(CN(CC2CCN(Cc3ccccc3F)CC2)CC2CCCO2)c(C)n1. The molecule has 6 heteroatoms. The summed E-state index contributed by atoms with van der Waals surface area (Å²) < 4.78 is 22.0. The highest BCUT2D eigenvalue weighted by Crippen LogP contribution is 2.23. The number of piperidine rings is 1. The molecule has 1 aromatic heterocycles. The number of nitrogens with zero attached hydrogens (tertiary/aromatic N) is 4. The summed E-state index contributed by atoms with van der Waals surface area (Å²) in [7, 11) is 0. The van der Waals surface area contributed by atoms with E-state index in [-0.39, 0.29) is 5.82 Å². The van der Waals surface area contributed by atoms with Crippen LogP contribution in [0.2, 0.25) is 0 Å². The van der Waals surface area contributed by atoms with Crippen molar-refractivity contribution in [2.24, 2.45) is 5.92 Å². The molecule has 0 aliphatic carbocycles. The zero-order chi connectivity index (χ0) is 21.6. The van der Waals surface area contributed by atoms with Gasteiger partial charge in [-0.1, -0.05) is 18.2 Å². The Kier molecular flexibility index (Phi) is 7.75. The molecule has 2 aliphatic heterocycles. The van der Waals surface area contributed by atoms with E-state index in [0.29, 0.717) is 18.6 Å². The molecule has 3 heterocycles. The number of aryl methyl sites for hydroxylation is 2. The van der Waals surface area contributed by atoms with Crippen LogP contribution in [0.3, 0.4) is 0 Å². The van der Waals surface area contributed by atoms with E-state index < -0.39 is 0 Å². The van der Waals surface area contributed by atoms with E-state index in [4.69, 9.17) is 4.74 Å². The number of hydrogen-bond donors (Lipinski definition) is 0. The lowest BCUT2D eigenvalue weighted by Crippen LogP contribution is -2.40. The largest absolute Gasteiger partial charge is 0.377 e. The van der Waals surface area contributed by atoms with Gasteiger partial charge < -0.3 is 4.74 Å². The maximum Gasteiger partial charge on any atom is 0.127 e. The van der Waals surface area contributed by atoms with Crippen LogP contribution < -0.4 is 0 Å². The molecule has 0 saturated carbocycles. The molecule has 5 nitrogen and oxygen atoms in total. The van der Waals surface area contributed by atoms with Gasteiger partial charge in [-0.25, -0.2) is 4.39 Å². The Labute approximate surface area is 186 Å². The molecule has 31 heavy (non-hydrogen) atoms. The number of likely N-dealkylation sites (tertiary alicyclic amines) is 1. The zero-order valence-corrected chi connectivity index (χ0v) is 19.1. The van der Waals surface area contributed by atoms with Crippen molar-refractivity contribution in [2.45, 2.75) is 65.3 Å². The van der Waals surface area contributed by atoms with Crippen molar-refractivity contribution in [3.05, 3.63) is 53.1 Å². The summed E-state index contributed by atoms with van der Waals surface area (Å²) in [6, 6.07) is 7.16. The lowest BCUT2D eigenvalue weighted by atomic mass is 9.95. The zero-order valence-electron chi connectivity index (χ0n) is 19.1. The fourth-order valence-corrected chi connectivity index (χ4v) is 4.96. The molecule has 2 saturated heterocycles. The Morgan fingerprint density at radius 3 is 2.61 bits per heavy atom. The maximum atomic E-state index is 14.0. The van der Waals surface area contributed by atoms with Crippen molar-refractivity contribution >= 4 is 0 Å². The van der Waals surface area contributed by atoms with Gasteiger partial charge in [0, 0.05) is 56.7 Å². The Hall–Kier alpha value is -1.76. The van der Waals surface area contributed by atoms with Gasteiger partial charge in [-0.05, 0) is 64.6 Å². The quantitative estimate of drug-likeness (QED) is 0.598. The molecule has 0 bridgehead atoms. The molecule has 2 fully saturated rings. The van der Waals surface area contributed by atoms with Crippen LogP contribution in [0.4, 0.5) is 4.39 Å². The van der Waals surface area contributed by atoms with Crippen molar-refractivity contribution in [1.82, 2.24) is 19.6 Å². The Morgan fingerprint density at radius 1 is 1.13 bits per heavy atom. The normalized spacial score (nSPS) is 20.7. The van der Waals surface area contributed by atoms with Crippen LogP contribution in [0.15, 0.2) is 30.5 Å². The summed E-state index contributed by atoms with van der Waals surface area (Å²) >= 11 is 0. The van der Waals surface area contributed by atoms with E-state index >= 15 is 0 Å². The van der Waals surface area contributed by atoms with E-state index in [9.17, 15) is 4.39 Å². The van der Waals surface area contributed by atoms with Gasteiger partial charge in [0.1, 0.15) is 5.82 Å². The lowest BCUT2D eigenvalue weighted by molar-refractivity contribution is 0.0568. The first-order valence-electron chi connectivity index (χ1n) is 11.9. The van der Waals surface area contributed by atoms with Crippen LogP contribution in [0.25, 0.3) is 0 Å². The smallest absolute Gasteiger partial charge is 0.127 e. The van der Waals surface area contributed by atoms with E-state index in [2.05, 4.69) is 34.9 Å². The summed E-state index contributed by atoms with van der Waals surface area (Å²) in [4.78, 5) is 4.99. The highest BCUT2D eigenvalue weighted by Gasteiger charge is 2.25. The number of ether oxygens (including phenoxy) is 1. The first kappa shape index (κ1) is 22.4. The molecular weight excluding hydrogens is 391 g/mol. The van der Waals surface area contributed by atoms with Gasteiger partial charge in [-0.3, -0.25) is 14.5 Å². The molecule has 4 rings (SSSR count). The van der Waals surface area contributed by atoms with Crippen molar-refractivity contribution < 1.29 is 9.13 Å². The van der Waals surface area contributed by atoms with Crippen LogP contribution in [-0.4, -0.2) is 58.5 Å². The van der Waals surface area contributed by atoms with Gasteiger partial charge in [0.15, 0.2) is 0 Å². The molecule has 1 unspecified atom stereocenters. The topological polar surface area (TPSA) is 33.5 Å². The summed E-state index contributed by atoms with van der Waals surface area (Å²) in [5, 5.41) is 4.64. The lowest BCUT2D eigenvalue weighted by Gasteiger charge is -2.35. The molecule has 0 spiro atoms. The van der Waals surface area contributed by atoms with Crippen LogP contribution in [0.1, 0.15) is 49.4 Å². The molecule has 0 N–H and O–H groups in total. The molecule has 2 aromatic rings. The summed E-state index contributed by atoms with van der Waals surface area (Å²) in [5.74, 6) is 0.593. The first-order chi connectivity index (χ1) is 15.1. The van der Waals surface area contributed by atoms with E-state index in [0.717, 1.165) is 57.1 Å². The minimum Gasteiger partial charge on any atom is -0.377 e. The number of aromatic nitrogens is 2. The molecule has 1 atom stereocenters. The average molecular weight is 429 g/mol. The first-order valence-corrected chi connectivity index (χ1v) is 11.9. The van der Waals surface area contributed by atoms with E-state index in [1.807, 2.05) is 16.8 Å². The fraction of sp³-hybridized carbons (Fsp3) is 0.640. The standard InChI is InChI=1S/C25H37FN4O/c1-3-30-18-23(20(2)27-30)17-29(19-24-8-6-14-31-24)15-21-10-12-28(13-11-21)16-22-7-4-5-9-25(22)26/h4-5,7,9,18,21,24H,3,6,8,10-17,19H2,1-2H3. The maximum absolute atomic E-state index is 14.0. The van der Waals surface area contributed by atoms with E-state index in [1.165, 1.54) is 31.2 Å². The predicted octanol–water partition coefficient (Wildman–Crippen LogP) is 4.24. The van der Waals surface area contributed by atoms with Crippen molar-refractivity contribution in [1.29, 1.82) is 0 Å². The fourth-order valence-electron chi connectivity index (χ4n) is 4.96. The van der Waals surface area contributed by atoms with Gasteiger partial charge in [-0.2, -0.15) is 5.10 Å². The number of halogens is 1. The van der Waals surface area contributed by atoms with Crippen LogP contribution in [0.5, 0.6) is 0 Å². The number of hydrogen-bond acceptors (Lipinski definition) is 4. The summed E-state index contributed by atoms with van der Waals surface area (Å²) in [5.41, 5.74) is 3.28. The number of benzene rings is 1. The van der Waals surface area contributed by atoms with Crippen molar-refractivity contribution in [2.75, 3.05) is 32.8 Å². The second kappa shape index (κ2) is 10.7. The van der Waals surface area contributed by atoms with Gasteiger partial charge in [0.2, 0.25) is 0 Å². The summed E-state index contributed by atoms with van der Waals surface area (Å²) in [6.45, 7) is 11.9. The number of rotatable bonds is 9. The van der Waals surface area contributed by atoms with Crippen LogP contribution in [-0.2, 0) is 24.4 Å². The third-order valence-electron chi connectivity index (χ3n) is 6.83. The molecule has 0 amide bonds. The Bertz CT molecular complexity index is 825. The van der Waals surface area contributed by atoms with E-state index in [1.54, 1.807) is 12.1 Å². The second-order valence-corrected chi connectivity index (χ2v) is 9.24. The molecular formula is C25H37FN4O. The van der Waals surface area contributed by atoms with Gasteiger partial charge in [-0.15, -0.1) is 0 Å². The molecule has 170 valence electrons. The minimum atomic E-state index is -0.0876. The van der Waals surface area contributed by atoms with Crippen LogP contribution in [0, 0.1) is 18.7 Å². The third-order valence-corrected chi connectivity index (χ3v) is 6.83. The molecule has 1 aromatic carbocycles. The summed E-state index contributed by atoms with van der Waals surface area (Å²) in [6.07, 6.45) is 7.26. The molecule has 0 radical (unpaired) electrons. The Morgan fingerprint density at radius 2 is 1.94 bits per heavy atom. The highest BCUT2D eigenvalue weighted by atomic mass is 19.1. The van der Waals surface area contributed by atoms with Crippen molar-refractivity contribution in [3.63, 3.8) is 0 Å². The second-order valence-electron chi connectivity index (χ2n) is 9.24. The highest BCUT2D eigenvalue weighted by molar-refractivity contribution is 5.17. The third kappa shape index (κ3) is 6.15. The van der Waals surface area contributed by atoms with Gasteiger partial charge in [0.25, 0.3) is 0 Å².